The van der Waals surface area contributed by atoms with E-state index in [1.54, 1.807) is 0 Å². The predicted octanol–water partition coefficient (Wildman–Crippen LogP) is 0.559. The molecule has 5 heteroatoms. The molecule has 0 aromatic carbocycles. The number of carbonyl (C=O) groups excluding carboxylic acids is 1. The number of piperidine rings is 1. The SMILES string of the molecule is CC(C)CNC(N)=NCC(=O)N1CCCCC1. The van der Waals surface area contributed by atoms with Crippen molar-refractivity contribution in [2.45, 2.75) is 33.1 Å². The molecule has 0 bridgehead atoms. The van der Waals surface area contributed by atoms with Gasteiger partial charge in [-0.2, -0.15) is 0 Å². The van der Waals surface area contributed by atoms with E-state index in [2.05, 4.69) is 24.2 Å². The van der Waals surface area contributed by atoms with Gasteiger partial charge in [-0.1, -0.05) is 13.8 Å². The van der Waals surface area contributed by atoms with Crippen molar-refractivity contribution in [3.05, 3.63) is 0 Å². The topological polar surface area (TPSA) is 70.7 Å². The van der Waals surface area contributed by atoms with Crippen molar-refractivity contribution >= 4 is 11.9 Å². The van der Waals surface area contributed by atoms with Gasteiger partial charge in [0, 0.05) is 19.6 Å². The van der Waals surface area contributed by atoms with Crippen molar-refractivity contribution in [1.82, 2.24) is 10.2 Å². The number of rotatable bonds is 4. The second-order valence-corrected chi connectivity index (χ2v) is 4.92. The Morgan fingerprint density at radius 1 is 1.35 bits per heavy atom. The summed E-state index contributed by atoms with van der Waals surface area (Å²) in [4.78, 5) is 17.7. The van der Waals surface area contributed by atoms with Crippen molar-refractivity contribution < 1.29 is 4.79 Å². The van der Waals surface area contributed by atoms with Crippen molar-refractivity contribution in [3.63, 3.8) is 0 Å². The summed E-state index contributed by atoms with van der Waals surface area (Å²) in [7, 11) is 0. The average molecular weight is 240 g/mol. The van der Waals surface area contributed by atoms with Crippen LogP contribution in [0.2, 0.25) is 0 Å². The number of likely N-dealkylation sites (tertiary alicyclic amines) is 1. The Morgan fingerprint density at radius 2 is 2.00 bits per heavy atom. The standard InChI is InChI=1S/C12H24N4O/c1-10(2)8-14-12(13)15-9-11(17)16-6-4-3-5-7-16/h10H,3-9H2,1-2H3,(H3,13,14,15). The van der Waals surface area contributed by atoms with E-state index in [1.165, 1.54) is 6.42 Å². The smallest absolute Gasteiger partial charge is 0.244 e. The number of nitrogens with zero attached hydrogens (tertiary/aromatic N) is 2. The Balaban J connectivity index is 2.27. The first-order chi connectivity index (χ1) is 8.09. The highest BCUT2D eigenvalue weighted by atomic mass is 16.2. The van der Waals surface area contributed by atoms with Crippen LogP contribution in [-0.4, -0.2) is 42.9 Å². The lowest BCUT2D eigenvalue weighted by Crippen LogP contribution is -2.39. The van der Waals surface area contributed by atoms with Crippen LogP contribution >= 0.6 is 0 Å². The maximum Gasteiger partial charge on any atom is 0.244 e. The summed E-state index contributed by atoms with van der Waals surface area (Å²) in [5.41, 5.74) is 5.67. The fourth-order valence-corrected chi connectivity index (χ4v) is 1.76. The van der Waals surface area contributed by atoms with Crippen LogP contribution in [-0.2, 0) is 4.79 Å². The summed E-state index contributed by atoms with van der Waals surface area (Å²) in [5.74, 6) is 0.963. The number of guanidine groups is 1. The molecule has 1 fully saturated rings. The van der Waals surface area contributed by atoms with Crippen LogP contribution in [0.1, 0.15) is 33.1 Å². The minimum Gasteiger partial charge on any atom is -0.370 e. The monoisotopic (exact) mass is 240 g/mol. The quantitative estimate of drug-likeness (QED) is 0.557. The minimum absolute atomic E-state index is 0.0824. The summed E-state index contributed by atoms with van der Waals surface area (Å²) < 4.78 is 0. The van der Waals surface area contributed by atoms with Crippen molar-refractivity contribution in [1.29, 1.82) is 0 Å². The largest absolute Gasteiger partial charge is 0.370 e. The van der Waals surface area contributed by atoms with Gasteiger partial charge in [0.05, 0.1) is 0 Å². The molecule has 0 atom stereocenters. The van der Waals surface area contributed by atoms with Gasteiger partial charge in [0.25, 0.3) is 0 Å². The lowest BCUT2D eigenvalue weighted by atomic mass is 10.1. The maximum absolute atomic E-state index is 11.8. The van der Waals surface area contributed by atoms with E-state index in [0.717, 1.165) is 32.5 Å². The molecular formula is C12H24N4O. The number of aliphatic imine (C=N–C) groups is 1. The van der Waals surface area contributed by atoms with Gasteiger partial charge in [-0.05, 0) is 25.2 Å². The van der Waals surface area contributed by atoms with Gasteiger partial charge < -0.3 is 16.0 Å². The Morgan fingerprint density at radius 3 is 2.59 bits per heavy atom. The molecule has 5 nitrogen and oxygen atoms in total. The van der Waals surface area contributed by atoms with Gasteiger partial charge >= 0.3 is 0 Å². The number of carbonyl (C=O) groups is 1. The van der Waals surface area contributed by atoms with Crippen LogP contribution in [0.15, 0.2) is 4.99 Å². The zero-order valence-corrected chi connectivity index (χ0v) is 10.9. The second-order valence-electron chi connectivity index (χ2n) is 4.92. The lowest BCUT2D eigenvalue weighted by molar-refractivity contribution is -0.130. The van der Waals surface area contributed by atoms with Gasteiger partial charge in [-0.25, -0.2) is 4.99 Å². The first kappa shape index (κ1) is 13.8. The molecule has 0 aliphatic carbocycles. The number of hydrogen-bond acceptors (Lipinski definition) is 2. The van der Waals surface area contributed by atoms with Gasteiger partial charge in [-0.3, -0.25) is 4.79 Å². The molecular weight excluding hydrogens is 216 g/mol. The molecule has 0 radical (unpaired) electrons. The van der Waals surface area contributed by atoms with Crippen LogP contribution in [0.5, 0.6) is 0 Å². The number of nitrogens with one attached hydrogen (secondary N) is 1. The highest BCUT2D eigenvalue weighted by molar-refractivity contribution is 5.84. The number of hydrogen-bond donors (Lipinski definition) is 2. The Bertz CT molecular complexity index is 270. The van der Waals surface area contributed by atoms with Crippen molar-refractivity contribution in [3.8, 4) is 0 Å². The molecule has 0 spiro atoms. The van der Waals surface area contributed by atoms with Crippen molar-refractivity contribution in [2.24, 2.45) is 16.6 Å². The van der Waals surface area contributed by atoms with E-state index in [4.69, 9.17) is 5.73 Å². The predicted molar refractivity (Wildman–Crippen MR) is 69.8 cm³/mol. The molecule has 98 valence electrons. The van der Waals surface area contributed by atoms with Gasteiger partial charge in [0.15, 0.2) is 5.96 Å². The first-order valence-electron chi connectivity index (χ1n) is 6.41. The van der Waals surface area contributed by atoms with E-state index in [0.29, 0.717) is 11.9 Å². The lowest BCUT2D eigenvalue weighted by Gasteiger charge is -2.26. The fraction of sp³-hybridized carbons (Fsp3) is 0.833. The summed E-state index contributed by atoms with van der Waals surface area (Å²) in [6.07, 6.45) is 3.44. The third-order valence-electron chi connectivity index (χ3n) is 2.78. The summed E-state index contributed by atoms with van der Waals surface area (Å²) in [5, 5.41) is 3.00. The molecule has 1 rings (SSSR count). The van der Waals surface area contributed by atoms with Crippen LogP contribution in [0.3, 0.4) is 0 Å². The van der Waals surface area contributed by atoms with Gasteiger partial charge in [0.2, 0.25) is 5.91 Å². The molecule has 0 unspecified atom stereocenters. The van der Waals surface area contributed by atoms with E-state index in [1.807, 2.05) is 4.90 Å². The molecule has 0 aromatic rings. The Hall–Kier alpha value is -1.26. The van der Waals surface area contributed by atoms with Crippen molar-refractivity contribution in [2.75, 3.05) is 26.2 Å². The highest BCUT2D eigenvalue weighted by Crippen LogP contribution is 2.08. The Labute approximate surface area is 103 Å². The average Bonchev–Trinajstić information content (AvgIpc) is 2.34. The van der Waals surface area contributed by atoms with Crippen LogP contribution in [0.4, 0.5) is 0 Å². The number of amides is 1. The first-order valence-corrected chi connectivity index (χ1v) is 6.41. The molecule has 3 N–H and O–H groups in total. The summed E-state index contributed by atoms with van der Waals surface area (Å²) in [6, 6.07) is 0. The van der Waals surface area contributed by atoms with E-state index in [-0.39, 0.29) is 12.5 Å². The van der Waals surface area contributed by atoms with E-state index >= 15 is 0 Å². The highest BCUT2D eigenvalue weighted by Gasteiger charge is 2.15. The Kier molecular flexibility index (Phi) is 5.80. The second kappa shape index (κ2) is 7.14. The molecule has 17 heavy (non-hydrogen) atoms. The third kappa shape index (κ3) is 5.56. The molecule has 1 amide bonds. The molecule has 1 heterocycles. The maximum atomic E-state index is 11.8. The molecule has 0 aromatic heterocycles. The minimum atomic E-state index is 0.0824. The summed E-state index contributed by atoms with van der Waals surface area (Å²) >= 11 is 0. The van der Waals surface area contributed by atoms with Crippen LogP contribution in [0, 0.1) is 5.92 Å². The molecule has 1 aliphatic heterocycles. The molecule has 0 saturated carbocycles. The van der Waals surface area contributed by atoms with Gasteiger partial charge in [-0.15, -0.1) is 0 Å². The molecule has 1 saturated heterocycles. The van der Waals surface area contributed by atoms with Crippen LogP contribution < -0.4 is 11.1 Å². The van der Waals surface area contributed by atoms with E-state index < -0.39 is 0 Å². The van der Waals surface area contributed by atoms with Gasteiger partial charge in [0.1, 0.15) is 6.54 Å². The zero-order valence-electron chi connectivity index (χ0n) is 10.9. The molecule has 1 aliphatic rings. The zero-order chi connectivity index (χ0) is 12.7. The van der Waals surface area contributed by atoms with E-state index in [9.17, 15) is 4.79 Å². The number of nitrogens with two attached hydrogens (primary N) is 1. The normalized spacial score (nSPS) is 17.4. The van der Waals surface area contributed by atoms with Crippen LogP contribution in [0.25, 0.3) is 0 Å². The fourth-order valence-electron chi connectivity index (χ4n) is 1.76. The third-order valence-corrected chi connectivity index (χ3v) is 2.78. The summed E-state index contributed by atoms with van der Waals surface area (Å²) in [6.45, 7) is 6.88.